The number of rotatable bonds is 4. The van der Waals surface area contributed by atoms with Gasteiger partial charge in [-0.1, -0.05) is 13.0 Å². The molecule has 5 heteroatoms. The van der Waals surface area contributed by atoms with Gasteiger partial charge in [0.1, 0.15) is 9.35 Å². The van der Waals surface area contributed by atoms with Gasteiger partial charge in [-0.05, 0) is 55.3 Å². The second kappa shape index (κ2) is 6.18. The molecule has 0 saturated heterocycles. The number of halogens is 1. The Hall–Kier alpha value is -0.100. The van der Waals surface area contributed by atoms with E-state index >= 15 is 0 Å². The molecule has 1 N–H and O–H groups in total. The summed E-state index contributed by atoms with van der Waals surface area (Å²) in [6.45, 7) is 7.92. The molecule has 0 aromatic carbocycles. The molecule has 3 nitrogen and oxygen atoms in total. The summed E-state index contributed by atoms with van der Waals surface area (Å²) in [6, 6.07) is 5.80. The fourth-order valence-corrected chi connectivity index (χ4v) is 2.53. The lowest BCUT2D eigenvalue weighted by Crippen LogP contribution is -2.41. The molecule has 96 valence electrons. The molecule has 1 rings (SSSR count). The van der Waals surface area contributed by atoms with Gasteiger partial charge in [0.05, 0.1) is 11.7 Å². The van der Waals surface area contributed by atoms with Crippen LogP contribution in [0.4, 0.5) is 0 Å². The molecule has 0 aliphatic carbocycles. The lowest BCUT2D eigenvalue weighted by molar-refractivity contribution is 0.514. The molecule has 0 amide bonds. The second-order valence-electron chi connectivity index (χ2n) is 4.84. The van der Waals surface area contributed by atoms with Crippen LogP contribution in [0.5, 0.6) is 0 Å². The number of pyridine rings is 1. The average molecular weight is 319 g/mol. The zero-order valence-electron chi connectivity index (χ0n) is 10.7. The predicted molar refractivity (Wildman–Crippen MR) is 76.0 cm³/mol. The Morgan fingerprint density at radius 1 is 1.47 bits per heavy atom. The summed E-state index contributed by atoms with van der Waals surface area (Å²) in [5.41, 5.74) is 0.916. The van der Waals surface area contributed by atoms with Gasteiger partial charge in [-0.25, -0.2) is 4.98 Å². The first kappa shape index (κ1) is 15.0. The van der Waals surface area contributed by atoms with Crippen molar-refractivity contribution in [1.29, 1.82) is 0 Å². The topological polar surface area (TPSA) is 48.0 Å². The van der Waals surface area contributed by atoms with Gasteiger partial charge < -0.3 is 4.55 Å². The van der Waals surface area contributed by atoms with Crippen LogP contribution in [0.15, 0.2) is 22.8 Å². The van der Waals surface area contributed by atoms with E-state index in [1.807, 2.05) is 39.0 Å². The Labute approximate surface area is 115 Å². The molecular weight excluding hydrogens is 300 g/mol. The van der Waals surface area contributed by atoms with Crippen LogP contribution in [0.3, 0.4) is 0 Å². The highest BCUT2D eigenvalue weighted by Crippen LogP contribution is 2.22. The Morgan fingerprint density at radius 2 is 2.12 bits per heavy atom. The van der Waals surface area contributed by atoms with Crippen molar-refractivity contribution in [2.24, 2.45) is 0 Å². The summed E-state index contributed by atoms with van der Waals surface area (Å²) < 4.78 is 15.7. The van der Waals surface area contributed by atoms with E-state index in [1.165, 1.54) is 0 Å². The van der Waals surface area contributed by atoms with E-state index in [9.17, 15) is 4.55 Å². The maximum atomic E-state index is 12.1. The minimum absolute atomic E-state index is 0.0209. The molecule has 1 aromatic heterocycles. The van der Waals surface area contributed by atoms with Gasteiger partial charge in [-0.3, -0.25) is 0 Å². The third-order valence-electron chi connectivity index (χ3n) is 2.31. The van der Waals surface area contributed by atoms with Crippen molar-refractivity contribution in [1.82, 2.24) is 9.71 Å². The summed E-state index contributed by atoms with van der Waals surface area (Å²) in [5.74, 6) is 0. The van der Waals surface area contributed by atoms with Crippen LogP contribution < -0.4 is 4.72 Å². The smallest absolute Gasteiger partial charge is 0.136 e. The molecule has 1 aromatic rings. The molecular formula is C12H19BrN2OS. The van der Waals surface area contributed by atoms with Gasteiger partial charge in [0.25, 0.3) is 0 Å². The van der Waals surface area contributed by atoms with Crippen LogP contribution in [0, 0.1) is 0 Å². The summed E-state index contributed by atoms with van der Waals surface area (Å²) >= 11 is 2.27. The van der Waals surface area contributed by atoms with Gasteiger partial charge >= 0.3 is 0 Å². The molecule has 0 aliphatic heterocycles. The molecule has 0 bridgehead atoms. The van der Waals surface area contributed by atoms with E-state index in [4.69, 9.17) is 0 Å². The molecule has 0 fully saturated rings. The molecule has 0 aliphatic rings. The predicted octanol–water partition coefficient (Wildman–Crippen LogP) is 3.35. The molecule has 0 saturated carbocycles. The summed E-state index contributed by atoms with van der Waals surface area (Å²) in [7, 11) is 0. The van der Waals surface area contributed by atoms with E-state index in [0.29, 0.717) is 0 Å². The van der Waals surface area contributed by atoms with E-state index < -0.39 is 11.4 Å². The highest BCUT2D eigenvalue weighted by Gasteiger charge is 2.29. The molecule has 0 spiro atoms. The van der Waals surface area contributed by atoms with E-state index in [2.05, 4.69) is 32.6 Å². The lowest BCUT2D eigenvalue weighted by atomic mass is 10.1. The zero-order valence-corrected chi connectivity index (χ0v) is 13.1. The number of hydrogen-bond acceptors (Lipinski definition) is 3. The third-order valence-corrected chi connectivity index (χ3v) is 4.36. The van der Waals surface area contributed by atoms with Gasteiger partial charge in [0, 0.05) is 11.4 Å². The second-order valence-corrected chi connectivity index (χ2v) is 7.66. The standard InChI is InChI=1S/C12H19BrN2OS/c1-5-9(15-17(16)12(2,3)4)10-7-6-8-11(13)14-10/h6-9,15H,5H2,1-4H3/t9-,17+/m0/s1. The van der Waals surface area contributed by atoms with E-state index in [0.717, 1.165) is 16.7 Å². The van der Waals surface area contributed by atoms with Crippen molar-refractivity contribution in [3.8, 4) is 0 Å². The van der Waals surface area contributed by atoms with Crippen molar-refractivity contribution < 1.29 is 4.55 Å². The Balaban J connectivity index is 2.79. The first-order valence-corrected chi connectivity index (χ1v) is 7.59. The number of nitrogens with zero attached hydrogens (tertiary/aromatic N) is 1. The van der Waals surface area contributed by atoms with Crippen LogP contribution in [-0.4, -0.2) is 14.3 Å². The SMILES string of the molecule is CC[C@H](N[S@+]([O-])C(C)(C)C)c1cccc(Br)n1. The largest absolute Gasteiger partial charge is 0.598 e. The average Bonchev–Trinajstić information content (AvgIpc) is 2.24. The molecule has 17 heavy (non-hydrogen) atoms. The summed E-state index contributed by atoms with van der Waals surface area (Å²) in [6.07, 6.45) is 0.852. The monoisotopic (exact) mass is 318 g/mol. The van der Waals surface area contributed by atoms with Crippen LogP contribution in [0.2, 0.25) is 0 Å². The number of aromatic nitrogens is 1. The van der Waals surface area contributed by atoms with E-state index in [-0.39, 0.29) is 10.8 Å². The quantitative estimate of drug-likeness (QED) is 0.684. The molecule has 0 radical (unpaired) electrons. The Bertz CT molecular complexity index is 368. The fourth-order valence-electron chi connectivity index (χ4n) is 1.28. The first-order chi connectivity index (χ1) is 7.84. The lowest BCUT2D eigenvalue weighted by Gasteiger charge is -2.27. The first-order valence-electron chi connectivity index (χ1n) is 5.65. The minimum Gasteiger partial charge on any atom is -0.598 e. The highest BCUT2D eigenvalue weighted by atomic mass is 79.9. The van der Waals surface area contributed by atoms with Gasteiger partial charge in [0.2, 0.25) is 0 Å². The van der Waals surface area contributed by atoms with Crippen LogP contribution in [0.25, 0.3) is 0 Å². The van der Waals surface area contributed by atoms with Crippen molar-refractivity contribution in [2.75, 3.05) is 0 Å². The molecule has 1 heterocycles. The molecule has 2 atom stereocenters. The van der Waals surface area contributed by atoms with Crippen LogP contribution >= 0.6 is 15.9 Å². The summed E-state index contributed by atoms with van der Waals surface area (Å²) in [4.78, 5) is 4.40. The van der Waals surface area contributed by atoms with Crippen LogP contribution in [-0.2, 0) is 11.4 Å². The van der Waals surface area contributed by atoms with Crippen LogP contribution in [0.1, 0.15) is 45.9 Å². The normalized spacial score (nSPS) is 15.6. The molecule has 0 unspecified atom stereocenters. The number of hydrogen-bond donors (Lipinski definition) is 1. The Kier molecular flexibility index (Phi) is 5.44. The van der Waals surface area contributed by atoms with E-state index in [1.54, 1.807) is 0 Å². The minimum atomic E-state index is -1.08. The Morgan fingerprint density at radius 3 is 2.59 bits per heavy atom. The van der Waals surface area contributed by atoms with Crippen molar-refractivity contribution >= 4 is 27.3 Å². The highest BCUT2D eigenvalue weighted by molar-refractivity contribution is 9.10. The van der Waals surface area contributed by atoms with Crippen molar-refractivity contribution in [3.05, 3.63) is 28.5 Å². The van der Waals surface area contributed by atoms with Gasteiger partial charge in [-0.15, -0.1) is 4.72 Å². The van der Waals surface area contributed by atoms with Gasteiger partial charge in [0.15, 0.2) is 0 Å². The maximum Gasteiger partial charge on any atom is 0.136 e. The maximum absolute atomic E-state index is 12.1. The number of nitrogens with one attached hydrogen (secondary N) is 1. The third kappa shape index (κ3) is 4.58. The summed E-state index contributed by atoms with van der Waals surface area (Å²) in [5, 5.41) is 0. The zero-order chi connectivity index (χ0) is 13.1. The van der Waals surface area contributed by atoms with Gasteiger partial charge in [-0.2, -0.15) is 0 Å². The van der Waals surface area contributed by atoms with Crippen molar-refractivity contribution in [3.63, 3.8) is 0 Å². The van der Waals surface area contributed by atoms with Crippen molar-refractivity contribution in [2.45, 2.75) is 44.9 Å². The fraction of sp³-hybridized carbons (Fsp3) is 0.583.